The van der Waals surface area contributed by atoms with Gasteiger partial charge in [0.1, 0.15) is 0 Å². The van der Waals surface area contributed by atoms with Crippen LogP contribution in [0, 0.1) is 0 Å². The molecule has 0 fully saturated rings. The third-order valence-electron chi connectivity index (χ3n) is 4.44. The van der Waals surface area contributed by atoms with Gasteiger partial charge in [-0.15, -0.1) is 0 Å². The number of anilines is 2. The number of pyridine rings is 1. The number of hydrogen-bond donors (Lipinski definition) is 2. The van der Waals surface area contributed by atoms with Crippen LogP contribution < -0.4 is 15.4 Å². The van der Waals surface area contributed by atoms with Crippen LogP contribution in [0.1, 0.15) is 22.8 Å². The zero-order chi connectivity index (χ0) is 19.5. The van der Waals surface area contributed by atoms with Crippen LogP contribution in [0.15, 0.2) is 55.0 Å². The summed E-state index contributed by atoms with van der Waals surface area (Å²) < 4.78 is 7.40. The Bertz CT molecular complexity index is 1020. The summed E-state index contributed by atoms with van der Waals surface area (Å²) in [7, 11) is 0. The average molecular weight is 377 g/mol. The number of fused-ring (bicyclic) bond motifs is 1. The molecule has 8 nitrogen and oxygen atoms in total. The van der Waals surface area contributed by atoms with E-state index in [2.05, 4.69) is 20.7 Å². The molecule has 1 unspecified atom stereocenters. The van der Waals surface area contributed by atoms with Crippen LogP contribution in [0.3, 0.4) is 0 Å². The maximum atomic E-state index is 12.7. The van der Waals surface area contributed by atoms with Gasteiger partial charge in [0.15, 0.2) is 17.7 Å². The van der Waals surface area contributed by atoms with E-state index in [1.165, 1.54) is 5.56 Å². The molecule has 142 valence electrons. The van der Waals surface area contributed by atoms with Gasteiger partial charge in [0.2, 0.25) is 0 Å². The van der Waals surface area contributed by atoms with Crippen molar-refractivity contribution >= 4 is 23.3 Å². The summed E-state index contributed by atoms with van der Waals surface area (Å²) in [6, 6.07) is 10.7. The highest BCUT2D eigenvalue weighted by molar-refractivity contribution is 6.09. The first-order chi connectivity index (χ1) is 13.6. The van der Waals surface area contributed by atoms with Gasteiger partial charge >= 0.3 is 0 Å². The molecule has 2 N–H and O–H groups in total. The van der Waals surface area contributed by atoms with Crippen LogP contribution in [0.5, 0.6) is 5.75 Å². The lowest BCUT2D eigenvalue weighted by atomic mass is 10.1. The minimum atomic E-state index is -0.658. The van der Waals surface area contributed by atoms with E-state index in [4.69, 9.17) is 4.74 Å². The Labute approximate surface area is 161 Å². The van der Waals surface area contributed by atoms with Crippen LogP contribution in [0.4, 0.5) is 11.5 Å². The second-order valence-corrected chi connectivity index (χ2v) is 6.46. The quantitative estimate of drug-likeness (QED) is 0.712. The van der Waals surface area contributed by atoms with E-state index in [1.54, 1.807) is 48.3 Å². The van der Waals surface area contributed by atoms with Gasteiger partial charge in [0.05, 0.1) is 11.3 Å². The number of nitrogens with zero attached hydrogens (tertiary/aromatic N) is 3. The molecule has 0 aliphatic carbocycles. The van der Waals surface area contributed by atoms with E-state index >= 15 is 0 Å². The van der Waals surface area contributed by atoms with Gasteiger partial charge in [0.25, 0.3) is 11.8 Å². The molecule has 0 radical (unpaired) electrons. The molecule has 2 aromatic heterocycles. The minimum Gasteiger partial charge on any atom is -0.478 e. The van der Waals surface area contributed by atoms with Gasteiger partial charge in [0, 0.05) is 31.2 Å². The van der Waals surface area contributed by atoms with Crippen LogP contribution in [0.2, 0.25) is 0 Å². The second-order valence-electron chi connectivity index (χ2n) is 6.46. The molecule has 2 amide bonds. The smallest absolute Gasteiger partial charge is 0.265 e. The highest BCUT2D eigenvalue weighted by atomic mass is 16.5. The predicted octanol–water partition coefficient (Wildman–Crippen LogP) is 2.49. The Balaban J connectivity index is 1.44. The lowest BCUT2D eigenvalue weighted by molar-refractivity contribution is -0.122. The molecule has 3 aromatic rings. The third-order valence-corrected chi connectivity index (χ3v) is 4.44. The molecule has 3 heterocycles. The number of ether oxygens (including phenoxy) is 1. The SMILES string of the molecule is CC1Oc2c(cccc2C(=O)Nc2ccn(CCc3ccncc3)n2)NC1=O. The van der Waals surface area contributed by atoms with Crippen LogP contribution >= 0.6 is 0 Å². The maximum Gasteiger partial charge on any atom is 0.265 e. The summed E-state index contributed by atoms with van der Waals surface area (Å²) in [4.78, 5) is 28.4. The summed E-state index contributed by atoms with van der Waals surface area (Å²) >= 11 is 0. The van der Waals surface area contributed by atoms with Crippen molar-refractivity contribution in [1.82, 2.24) is 14.8 Å². The molecule has 1 aliphatic heterocycles. The fourth-order valence-electron chi connectivity index (χ4n) is 2.94. The van der Waals surface area contributed by atoms with Gasteiger partial charge < -0.3 is 15.4 Å². The van der Waals surface area contributed by atoms with Crippen LogP contribution in [-0.2, 0) is 17.8 Å². The number of amides is 2. The Kier molecular flexibility index (Phi) is 4.76. The van der Waals surface area contributed by atoms with E-state index in [0.717, 1.165) is 6.42 Å². The molecule has 8 heteroatoms. The largest absolute Gasteiger partial charge is 0.478 e. The van der Waals surface area contributed by atoms with Crippen LogP contribution in [-0.4, -0.2) is 32.7 Å². The molecule has 0 spiro atoms. The number of aromatic nitrogens is 3. The molecular formula is C20H19N5O3. The van der Waals surface area contributed by atoms with Crippen molar-refractivity contribution in [2.45, 2.75) is 26.0 Å². The minimum absolute atomic E-state index is 0.238. The van der Waals surface area contributed by atoms with Gasteiger partial charge in [-0.05, 0) is 43.2 Å². The number of para-hydroxylation sites is 1. The first-order valence-corrected chi connectivity index (χ1v) is 8.94. The summed E-state index contributed by atoms with van der Waals surface area (Å²) in [5.41, 5.74) is 2.00. The molecular weight excluding hydrogens is 358 g/mol. The lowest BCUT2D eigenvalue weighted by Gasteiger charge is -2.24. The molecule has 1 atom stereocenters. The summed E-state index contributed by atoms with van der Waals surface area (Å²) in [5.74, 6) is 0.229. The first kappa shape index (κ1) is 17.7. The molecule has 1 aliphatic rings. The normalized spacial score (nSPS) is 15.3. The second kappa shape index (κ2) is 7.51. The molecule has 0 bridgehead atoms. The number of benzene rings is 1. The monoisotopic (exact) mass is 377 g/mol. The Hall–Kier alpha value is -3.68. The first-order valence-electron chi connectivity index (χ1n) is 8.94. The van der Waals surface area contributed by atoms with Gasteiger partial charge in [-0.25, -0.2) is 0 Å². The van der Waals surface area contributed by atoms with Crippen molar-refractivity contribution < 1.29 is 14.3 Å². The average Bonchev–Trinajstić information content (AvgIpc) is 3.15. The highest BCUT2D eigenvalue weighted by Gasteiger charge is 2.27. The van der Waals surface area contributed by atoms with E-state index < -0.39 is 6.10 Å². The summed E-state index contributed by atoms with van der Waals surface area (Å²) in [6.45, 7) is 2.32. The molecule has 1 aromatic carbocycles. The number of aryl methyl sites for hydroxylation is 2. The molecule has 0 saturated heterocycles. The van der Waals surface area contributed by atoms with Crippen molar-refractivity contribution in [2.75, 3.05) is 10.6 Å². The Morgan fingerprint density at radius 2 is 2.07 bits per heavy atom. The van der Waals surface area contributed by atoms with Crippen molar-refractivity contribution in [2.24, 2.45) is 0 Å². The number of nitrogens with one attached hydrogen (secondary N) is 2. The number of rotatable bonds is 5. The topological polar surface area (TPSA) is 98.1 Å². The fourth-order valence-corrected chi connectivity index (χ4v) is 2.94. The fraction of sp³-hybridized carbons (Fsp3) is 0.200. The summed E-state index contributed by atoms with van der Waals surface area (Å²) in [5, 5.41) is 9.90. The Morgan fingerprint density at radius 3 is 2.89 bits per heavy atom. The van der Waals surface area contributed by atoms with E-state index in [9.17, 15) is 9.59 Å². The van der Waals surface area contributed by atoms with Crippen molar-refractivity contribution in [1.29, 1.82) is 0 Å². The van der Waals surface area contributed by atoms with Crippen molar-refractivity contribution in [3.63, 3.8) is 0 Å². The lowest BCUT2D eigenvalue weighted by Crippen LogP contribution is -2.35. The molecule has 4 rings (SSSR count). The van der Waals surface area contributed by atoms with E-state index in [0.29, 0.717) is 29.4 Å². The predicted molar refractivity (Wildman–Crippen MR) is 103 cm³/mol. The van der Waals surface area contributed by atoms with Crippen molar-refractivity contribution in [3.8, 4) is 5.75 Å². The number of carbonyl (C=O) groups is 2. The van der Waals surface area contributed by atoms with Gasteiger partial charge in [-0.2, -0.15) is 5.10 Å². The van der Waals surface area contributed by atoms with Crippen LogP contribution in [0.25, 0.3) is 0 Å². The zero-order valence-electron chi connectivity index (χ0n) is 15.3. The zero-order valence-corrected chi connectivity index (χ0v) is 15.3. The van der Waals surface area contributed by atoms with Gasteiger partial charge in [-0.1, -0.05) is 6.07 Å². The van der Waals surface area contributed by atoms with Crippen molar-refractivity contribution in [3.05, 3.63) is 66.1 Å². The van der Waals surface area contributed by atoms with Gasteiger partial charge in [-0.3, -0.25) is 19.3 Å². The molecule has 0 saturated carbocycles. The van der Waals surface area contributed by atoms with E-state index in [1.807, 2.05) is 18.3 Å². The maximum absolute atomic E-state index is 12.7. The molecule has 28 heavy (non-hydrogen) atoms. The Morgan fingerprint density at radius 1 is 1.25 bits per heavy atom. The van der Waals surface area contributed by atoms with E-state index in [-0.39, 0.29) is 11.8 Å². The number of hydrogen-bond acceptors (Lipinski definition) is 5. The standard InChI is InChI=1S/C20H19N5O3/c1-13-19(26)22-16-4-2-3-15(18(16)28-13)20(27)23-17-8-12-25(24-17)11-7-14-5-9-21-10-6-14/h2-6,8-10,12-13H,7,11H2,1H3,(H,22,26)(H,23,24,27). The highest BCUT2D eigenvalue weighted by Crippen LogP contribution is 2.33. The third kappa shape index (κ3) is 3.71. The number of carbonyl (C=O) groups excluding carboxylic acids is 2. The summed E-state index contributed by atoms with van der Waals surface area (Å²) in [6.07, 6.45) is 5.49.